The zero-order chi connectivity index (χ0) is 17.8. The van der Waals surface area contributed by atoms with E-state index in [-0.39, 0.29) is 23.8 Å². The summed E-state index contributed by atoms with van der Waals surface area (Å²) in [5.41, 5.74) is 6.18. The van der Waals surface area contributed by atoms with Gasteiger partial charge in [0.2, 0.25) is 0 Å². The van der Waals surface area contributed by atoms with Crippen molar-refractivity contribution < 1.29 is 13.6 Å². The van der Waals surface area contributed by atoms with E-state index in [9.17, 15) is 13.6 Å². The quantitative estimate of drug-likeness (QED) is 0.495. The van der Waals surface area contributed by atoms with Crippen LogP contribution in [0, 0.1) is 11.6 Å². The molecule has 8 heteroatoms. The van der Waals surface area contributed by atoms with Crippen LogP contribution in [0.5, 0.6) is 0 Å². The van der Waals surface area contributed by atoms with Gasteiger partial charge in [0.1, 0.15) is 6.17 Å². The van der Waals surface area contributed by atoms with Gasteiger partial charge in [-0.25, -0.2) is 19.2 Å². The molecule has 0 bridgehead atoms. The molecule has 1 heterocycles. The number of hydrogen-bond donors (Lipinski definition) is 4. The Kier molecular flexibility index (Phi) is 5.60. The van der Waals surface area contributed by atoms with E-state index in [0.29, 0.717) is 5.96 Å². The van der Waals surface area contributed by atoms with Gasteiger partial charge in [0.25, 0.3) is 5.91 Å². The van der Waals surface area contributed by atoms with Crippen molar-refractivity contribution in [2.45, 2.75) is 57.3 Å². The van der Waals surface area contributed by atoms with Crippen LogP contribution < -0.4 is 21.5 Å². The Hall–Kier alpha value is -2.06. The number of hydrazine groups is 1. The summed E-state index contributed by atoms with van der Waals surface area (Å²) in [5, 5.41) is 5.96. The second-order valence-electron chi connectivity index (χ2n) is 6.63. The number of hydrogen-bond acceptors (Lipinski definition) is 4. The Balaban J connectivity index is 1.72. The van der Waals surface area contributed by atoms with Crippen molar-refractivity contribution in [2.75, 3.05) is 0 Å². The molecule has 1 saturated carbocycles. The van der Waals surface area contributed by atoms with Crippen LogP contribution in [-0.2, 0) is 0 Å². The van der Waals surface area contributed by atoms with Crippen LogP contribution in [0.15, 0.2) is 23.2 Å². The van der Waals surface area contributed by atoms with E-state index < -0.39 is 17.5 Å². The number of carbonyl (C=O) groups is 1. The first kappa shape index (κ1) is 17.8. The Morgan fingerprint density at radius 1 is 1.20 bits per heavy atom. The van der Waals surface area contributed by atoms with Gasteiger partial charge in [0.05, 0.1) is 0 Å². The number of rotatable bonds is 3. The van der Waals surface area contributed by atoms with Gasteiger partial charge in [-0.15, -0.1) is 0 Å². The van der Waals surface area contributed by atoms with Crippen LogP contribution in [0.1, 0.15) is 49.4 Å². The van der Waals surface area contributed by atoms with Crippen LogP contribution in [0.25, 0.3) is 0 Å². The summed E-state index contributed by atoms with van der Waals surface area (Å²) in [6.07, 6.45) is 4.95. The number of guanidine groups is 1. The summed E-state index contributed by atoms with van der Waals surface area (Å²) in [7, 11) is 0. The molecule has 6 nitrogen and oxygen atoms in total. The first-order valence-corrected chi connectivity index (χ1v) is 8.63. The van der Waals surface area contributed by atoms with Crippen molar-refractivity contribution in [1.82, 2.24) is 21.5 Å². The van der Waals surface area contributed by atoms with Crippen molar-refractivity contribution >= 4 is 11.9 Å². The van der Waals surface area contributed by atoms with Gasteiger partial charge in [-0.3, -0.25) is 15.5 Å². The topological polar surface area (TPSA) is 77.5 Å². The Morgan fingerprint density at radius 2 is 1.96 bits per heavy atom. The van der Waals surface area contributed by atoms with E-state index in [4.69, 9.17) is 0 Å². The standard InChI is InChI=1S/C17H23F2N5O/c1-10-8-15(24-23-10)21-17(20-12-4-2-3-5-12)22-16(25)11-6-7-13(18)14(19)9-11/h6-7,9-10,12,15,23-24H,2-5,8H2,1H3,(H2,20,21,22,25). The van der Waals surface area contributed by atoms with Crippen LogP contribution in [0.4, 0.5) is 8.78 Å². The molecule has 136 valence electrons. The lowest BCUT2D eigenvalue weighted by atomic mass is 10.2. The third-order valence-corrected chi connectivity index (χ3v) is 4.47. The molecule has 1 aromatic rings. The average Bonchev–Trinajstić information content (AvgIpc) is 3.22. The maximum atomic E-state index is 13.4. The fourth-order valence-electron chi connectivity index (χ4n) is 3.12. The molecule has 4 N–H and O–H groups in total. The number of amides is 1. The zero-order valence-electron chi connectivity index (χ0n) is 14.1. The summed E-state index contributed by atoms with van der Waals surface area (Å²) in [6, 6.07) is 3.61. The molecule has 3 rings (SSSR count). The fraction of sp³-hybridized carbons (Fsp3) is 0.529. The molecule has 0 radical (unpaired) electrons. The zero-order valence-corrected chi connectivity index (χ0v) is 14.1. The second-order valence-corrected chi connectivity index (χ2v) is 6.63. The number of benzene rings is 1. The van der Waals surface area contributed by atoms with Crippen molar-refractivity contribution in [2.24, 2.45) is 4.99 Å². The molecule has 1 saturated heterocycles. The van der Waals surface area contributed by atoms with Gasteiger partial charge in [-0.1, -0.05) is 12.8 Å². The van der Waals surface area contributed by atoms with E-state index in [1.807, 2.05) is 6.92 Å². The number of nitrogens with zero attached hydrogens (tertiary/aromatic N) is 1. The first-order chi connectivity index (χ1) is 12.0. The smallest absolute Gasteiger partial charge is 0.258 e. The molecule has 2 atom stereocenters. The number of aliphatic imine (C=N–C) groups is 1. The minimum atomic E-state index is -1.05. The molecular weight excluding hydrogens is 328 g/mol. The molecule has 0 aromatic heterocycles. The first-order valence-electron chi connectivity index (χ1n) is 8.63. The van der Waals surface area contributed by atoms with Crippen LogP contribution in [0.3, 0.4) is 0 Å². The fourth-order valence-corrected chi connectivity index (χ4v) is 3.12. The number of carbonyl (C=O) groups excluding carboxylic acids is 1. The number of nitrogens with one attached hydrogen (secondary N) is 4. The summed E-state index contributed by atoms with van der Waals surface area (Å²) >= 11 is 0. The molecule has 2 unspecified atom stereocenters. The molecule has 2 fully saturated rings. The summed E-state index contributed by atoms with van der Waals surface area (Å²) in [6.45, 7) is 2.03. The van der Waals surface area contributed by atoms with Gasteiger partial charge in [0, 0.05) is 24.1 Å². The third kappa shape index (κ3) is 4.73. The molecule has 0 spiro atoms. The monoisotopic (exact) mass is 351 g/mol. The van der Waals surface area contributed by atoms with Gasteiger partial charge >= 0.3 is 0 Å². The molecule has 1 aromatic carbocycles. The molecule has 25 heavy (non-hydrogen) atoms. The van der Waals surface area contributed by atoms with Gasteiger partial charge in [-0.2, -0.15) is 0 Å². The van der Waals surface area contributed by atoms with Crippen molar-refractivity contribution in [3.05, 3.63) is 35.4 Å². The summed E-state index contributed by atoms with van der Waals surface area (Å²) in [5.74, 6) is -2.20. The largest absolute Gasteiger partial charge is 0.353 e. The van der Waals surface area contributed by atoms with Gasteiger partial charge in [0.15, 0.2) is 17.6 Å². The molecule has 2 aliphatic rings. The maximum Gasteiger partial charge on any atom is 0.258 e. The Bertz CT molecular complexity index is 660. The predicted octanol–water partition coefficient (Wildman–Crippen LogP) is 1.80. The van der Waals surface area contributed by atoms with Crippen LogP contribution in [-0.4, -0.2) is 30.1 Å². The van der Waals surface area contributed by atoms with Crippen molar-refractivity contribution in [3.63, 3.8) is 0 Å². The van der Waals surface area contributed by atoms with Crippen molar-refractivity contribution in [3.8, 4) is 0 Å². The molecule has 1 aliphatic heterocycles. The normalized spacial score (nSPS) is 24.5. The highest BCUT2D eigenvalue weighted by molar-refractivity contribution is 6.05. The SMILES string of the molecule is CC1CC(N=C(NC(=O)c2ccc(F)c(F)c2)NC2CCCC2)NN1. The molecular formula is C17H23F2N5O. The van der Waals surface area contributed by atoms with E-state index in [1.54, 1.807) is 0 Å². The minimum absolute atomic E-state index is 0.0469. The van der Waals surface area contributed by atoms with E-state index in [1.165, 1.54) is 6.07 Å². The third-order valence-electron chi connectivity index (χ3n) is 4.47. The lowest BCUT2D eigenvalue weighted by Gasteiger charge is -2.18. The molecule has 1 aliphatic carbocycles. The summed E-state index contributed by atoms with van der Waals surface area (Å²) < 4.78 is 26.4. The van der Waals surface area contributed by atoms with Gasteiger partial charge < -0.3 is 5.32 Å². The van der Waals surface area contributed by atoms with E-state index in [0.717, 1.165) is 44.2 Å². The Labute approximate surface area is 145 Å². The van der Waals surface area contributed by atoms with E-state index >= 15 is 0 Å². The average molecular weight is 351 g/mol. The van der Waals surface area contributed by atoms with Crippen LogP contribution >= 0.6 is 0 Å². The summed E-state index contributed by atoms with van der Waals surface area (Å²) in [4.78, 5) is 16.9. The second kappa shape index (κ2) is 7.88. The van der Waals surface area contributed by atoms with Crippen molar-refractivity contribution in [1.29, 1.82) is 0 Å². The lowest BCUT2D eigenvalue weighted by molar-refractivity contribution is 0.0975. The minimum Gasteiger partial charge on any atom is -0.353 e. The predicted molar refractivity (Wildman–Crippen MR) is 90.8 cm³/mol. The number of halogens is 2. The molecule has 1 amide bonds. The highest BCUT2D eigenvalue weighted by Crippen LogP contribution is 2.17. The maximum absolute atomic E-state index is 13.4. The lowest BCUT2D eigenvalue weighted by Crippen LogP contribution is -2.46. The van der Waals surface area contributed by atoms with Crippen LogP contribution in [0.2, 0.25) is 0 Å². The highest BCUT2D eigenvalue weighted by Gasteiger charge is 2.23. The highest BCUT2D eigenvalue weighted by atomic mass is 19.2. The Morgan fingerprint density at radius 3 is 2.60 bits per heavy atom. The van der Waals surface area contributed by atoms with E-state index in [2.05, 4.69) is 26.5 Å². The van der Waals surface area contributed by atoms with Gasteiger partial charge in [-0.05, 0) is 38.0 Å².